The summed E-state index contributed by atoms with van der Waals surface area (Å²) < 4.78 is 0. The molecular formula is C15H17NO. The lowest BCUT2D eigenvalue weighted by Gasteiger charge is -2.17. The van der Waals surface area contributed by atoms with E-state index >= 15 is 0 Å². The number of amides is 1. The molecule has 0 spiro atoms. The van der Waals surface area contributed by atoms with Crippen molar-refractivity contribution in [2.24, 2.45) is 17.8 Å². The van der Waals surface area contributed by atoms with Crippen molar-refractivity contribution in [1.82, 2.24) is 0 Å². The summed E-state index contributed by atoms with van der Waals surface area (Å²) in [5.74, 6) is 1.50. The second-order valence-corrected chi connectivity index (χ2v) is 5.24. The van der Waals surface area contributed by atoms with Crippen LogP contribution in [0.25, 0.3) is 0 Å². The Hall–Kier alpha value is -1.57. The molecule has 3 rings (SSSR count). The zero-order valence-corrected chi connectivity index (χ0v) is 10.0. The maximum Gasteiger partial charge on any atom is 0.228 e. The van der Waals surface area contributed by atoms with Crippen LogP contribution in [-0.4, -0.2) is 5.91 Å². The maximum atomic E-state index is 12.1. The van der Waals surface area contributed by atoms with Crippen molar-refractivity contribution in [3.8, 4) is 0 Å². The van der Waals surface area contributed by atoms with Gasteiger partial charge in [0.1, 0.15) is 0 Å². The number of rotatable bonds is 2. The molecule has 3 unspecified atom stereocenters. The lowest BCUT2D eigenvalue weighted by molar-refractivity contribution is -0.120. The molecule has 2 aliphatic carbocycles. The van der Waals surface area contributed by atoms with Gasteiger partial charge in [0.2, 0.25) is 5.91 Å². The Labute approximate surface area is 102 Å². The number of aryl methyl sites for hydroxylation is 1. The molecular weight excluding hydrogens is 210 g/mol. The van der Waals surface area contributed by atoms with Crippen molar-refractivity contribution in [1.29, 1.82) is 0 Å². The van der Waals surface area contributed by atoms with E-state index in [2.05, 4.69) is 17.5 Å². The van der Waals surface area contributed by atoms with Crippen LogP contribution in [0.1, 0.15) is 18.4 Å². The summed E-state index contributed by atoms with van der Waals surface area (Å²) >= 11 is 0. The third kappa shape index (κ3) is 1.99. The normalized spacial score (nSPS) is 29.6. The lowest BCUT2D eigenvalue weighted by Crippen LogP contribution is -2.25. The van der Waals surface area contributed by atoms with Gasteiger partial charge < -0.3 is 5.32 Å². The van der Waals surface area contributed by atoms with Gasteiger partial charge in [0, 0.05) is 11.6 Å². The van der Waals surface area contributed by atoms with Gasteiger partial charge in [-0.05, 0) is 43.7 Å². The van der Waals surface area contributed by atoms with Gasteiger partial charge in [-0.3, -0.25) is 4.79 Å². The average molecular weight is 227 g/mol. The van der Waals surface area contributed by atoms with E-state index in [1.807, 2.05) is 31.2 Å². The number of nitrogens with one attached hydrogen (secondary N) is 1. The molecule has 88 valence electrons. The van der Waals surface area contributed by atoms with Gasteiger partial charge in [0.25, 0.3) is 0 Å². The van der Waals surface area contributed by atoms with E-state index in [9.17, 15) is 4.79 Å². The van der Waals surface area contributed by atoms with Crippen LogP contribution in [0.15, 0.2) is 36.4 Å². The number of hydrogen-bond acceptors (Lipinski definition) is 1. The molecule has 1 aromatic rings. The summed E-state index contributed by atoms with van der Waals surface area (Å²) in [6, 6.07) is 7.99. The molecule has 1 amide bonds. The number of carbonyl (C=O) groups is 1. The molecule has 2 bridgehead atoms. The van der Waals surface area contributed by atoms with Gasteiger partial charge in [-0.1, -0.05) is 29.8 Å². The third-order valence-electron chi connectivity index (χ3n) is 3.93. The highest BCUT2D eigenvalue weighted by Crippen LogP contribution is 2.43. The van der Waals surface area contributed by atoms with Crippen LogP contribution >= 0.6 is 0 Å². The molecule has 1 N–H and O–H groups in total. The minimum atomic E-state index is 0.186. The van der Waals surface area contributed by atoms with E-state index in [1.165, 1.54) is 12.0 Å². The molecule has 3 atom stereocenters. The van der Waals surface area contributed by atoms with E-state index in [1.54, 1.807) is 0 Å². The second kappa shape index (κ2) is 4.02. The third-order valence-corrected chi connectivity index (χ3v) is 3.93. The van der Waals surface area contributed by atoms with Crippen LogP contribution in [0.4, 0.5) is 5.69 Å². The van der Waals surface area contributed by atoms with E-state index in [0.29, 0.717) is 11.8 Å². The number of hydrogen-bond donors (Lipinski definition) is 1. The molecule has 2 nitrogen and oxygen atoms in total. The SMILES string of the molecule is Cc1ccc(NC(=O)C2CC3C=CC2C3)cc1. The summed E-state index contributed by atoms with van der Waals surface area (Å²) in [5, 5.41) is 3.02. The quantitative estimate of drug-likeness (QED) is 0.773. The first-order valence-electron chi connectivity index (χ1n) is 6.28. The molecule has 1 fully saturated rings. The van der Waals surface area contributed by atoms with Gasteiger partial charge in [-0.15, -0.1) is 0 Å². The van der Waals surface area contributed by atoms with Crippen molar-refractivity contribution in [2.75, 3.05) is 5.32 Å². The van der Waals surface area contributed by atoms with Crippen LogP contribution in [0.2, 0.25) is 0 Å². The van der Waals surface area contributed by atoms with Crippen LogP contribution in [0.5, 0.6) is 0 Å². The van der Waals surface area contributed by atoms with Gasteiger partial charge in [-0.25, -0.2) is 0 Å². The van der Waals surface area contributed by atoms with Crippen molar-refractivity contribution < 1.29 is 4.79 Å². The average Bonchev–Trinajstić information content (AvgIpc) is 2.94. The maximum absolute atomic E-state index is 12.1. The van der Waals surface area contributed by atoms with E-state index in [-0.39, 0.29) is 11.8 Å². The second-order valence-electron chi connectivity index (χ2n) is 5.24. The Morgan fingerprint density at radius 1 is 1.18 bits per heavy atom. The molecule has 0 heterocycles. The van der Waals surface area contributed by atoms with Gasteiger partial charge >= 0.3 is 0 Å². The molecule has 0 aromatic heterocycles. The van der Waals surface area contributed by atoms with Crippen LogP contribution in [0, 0.1) is 24.7 Å². The highest BCUT2D eigenvalue weighted by Gasteiger charge is 2.39. The Morgan fingerprint density at radius 2 is 1.94 bits per heavy atom. The Morgan fingerprint density at radius 3 is 2.53 bits per heavy atom. The topological polar surface area (TPSA) is 29.1 Å². The smallest absolute Gasteiger partial charge is 0.228 e. The molecule has 1 saturated carbocycles. The highest BCUT2D eigenvalue weighted by molar-refractivity contribution is 5.93. The fraction of sp³-hybridized carbons (Fsp3) is 0.400. The highest BCUT2D eigenvalue weighted by atomic mass is 16.1. The standard InChI is InChI=1S/C15H17NO/c1-10-2-6-13(7-3-10)16-15(17)14-9-11-4-5-12(14)8-11/h2-7,11-12,14H,8-9H2,1H3,(H,16,17). The minimum Gasteiger partial charge on any atom is -0.326 e. The fourth-order valence-corrected chi connectivity index (χ4v) is 2.95. The first-order valence-corrected chi connectivity index (χ1v) is 6.28. The van der Waals surface area contributed by atoms with Crippen LogP contribution in [-0.2, 0) is 4.79 Å². The number of carbonyl (C=O) groups excluding carboxylic acids is 1. The van der Waals surface area contributed by atoms with Crippen LogP contribution < -0.4 is 5.32 Å². The first-order chi connectivity index (χ1) is 8.22. The Bertz CT molecular complexity index is 460. The summed E-state index contributed by atoms with van der Waals surface area (Å²) in [4.78, 5) is 12.1. The largest absolute Gasteiger partial charge is 0.326 e. The van der Waals surface area contributed by atoms with Gasteiger partial charge in [-0.2, -0.15) is 0 Å². The van der Waals surface area contributed by atoms with Crippen molar-refractivity contribution in [3.05, 3.63) is 42.0 Å². The van der Waals surface area contributed by atoms with Crippen molar-refractivity contribution >= 4 is 11.6 Å². The van der Waals surface area contributed by atoms with E-state index in [0.717, 1.165) is 12.1 Å². The van der Waals surface area contributed by atoms with E-state index in [4.69, 9.17) is 0 Å². The molecule has 2 aliphatic rings. The summed E-state index contributed by atoms with van der Waals surface area (Å²) in [7, 11) is 0. The predicted molar refractivity (Wildman–Crippen MR) is 68.7 cm³/mol. The van der Waals surface area contributed by atoms with Crippen LogP contribution in [0.3, 0.4) is 0 Å². The predicted octanol–water partition coefficient (Wildman–Crippen LogP) is 3.15. The van der Waals surface area contributed by atoms with Gasteiger partial charge in [0.15, 0.2) is 0 Å². The molecule has 0 radical (unpaired) electrons. The number of fused-ring (bicyclic) bond motifs is 2. The molecule has 17 heavy (non-hydrogen) atoms. The first kappa shape index (κ1) is 10.6. The molecule has 1 aromatic carbocycles. The van der Waals surface area contributed by atoms with Crippen molar-refractivity contribution in [2.45, 2.75) is 19.8 Å². The molecule has 2 heteroatoms. The van der Waals surface area contributed by atoms with Crippen molar-refractivity contribution in [3.63, 3.8) is 0 Å². The summed E-state index contributed by atoms with van der Waals surface area (Å²) in [6.07, 6.45) is 6.68. The Balaban J connectivity index is 1.68. The zero-order chi connectivity index (χ0) is 11.8. The molecule has 0 aliphatic heterocycles. The number of benzene rings is 1. The van der Waals surface area contributed by atoms with Gasteiger partial charge in [0.05, 0.1) is 0 Å². The zero-order valence-electron chi connectivity index (χ0n) is 10.0. The van der Waals surface area contributed by atoms with E-state index < -0.39 is 0 Å². The molecule has 0 saturated heterocycles. The minimum absolute atomic E-state index is 0.186. The number of anilines is 1. The lowest BCUT2D eigenvalue weighted by atomic mass is 9.93. The fourth-order valence-electron chi connectivity index (χ4n) is 2.95. The Kier molecular flexibility index (Phi) is 2.50. The number of allylic oxidation sites excluding steroid dienone is 2. The summed E-state index contributed by atoms with van der Waals surface area (Å²) in [5.41, 5.74) is 2.12. The summed E-state index contributed by atoms with van der Waals surface area (Å²) in [6.45, 7) is 2.05. The monoisotopic (exact) mass is 227 g/mol.